The number of rotatable bonds is 8. The number of aromatic hydroxyl groups is 2. The fraction of sp³-hybridized carbons (Fsp3) is 0.107. The number of carboxylic acid groups (broad SMARTS) is 1. The molecule has 0 atom stereocenters. The third kappa shape index (κ3) is 4.84. The van der Waals surface area contributed by atoms with E-state index >= 15 is 0 Å². The number of aromatic carboxylic acids is 1. The van der Waals surface area contributed by atoms with E-state index in [1.165, 1.54) is 32.4 Å². The van der Waals surface area contributed by atoms with Crippen LogP contribution in [-0.2, 0) is 6.61 Å². The van der Waals surface area contributed by atoms with Gasteiger partial charge in [-0.2, -0.15) is 0 Å². The van der Waals surface area contributed by atoms with E-state index in [2.05, 4.69) is 0 Å². The molecule has 178 valence electrons. The second kappa shape index (κ2) is 10.1. The summed E-state index contributed by atoms with van der Waals surface area (Å²) >= 11 is 0. The molecule has 0 amide bonds. The Bertz CT molecular complexity index is 1350. The Morgan fingerprint density at radius 1 is 0.800 bits per heavy atom. The van der Waals surface area contributed by atoms with Crippen molar-refractivity contribution in [1.82, 2.24) is 0 Å². The van der Waals surface area contributed by atoms with Crippen molar-refractivity contribution < 1.29 is 34.3 Å². The minimum absolute atomic E-state index is 0.0539. The lowest BCUT2D eigenvalue weighted by Crippen LogP contribution is -2.07. The van der Waals surface area contributed by atoms with Crippen LogP contribution < -0.4 is 14.2 Å². The monoisotopic (exact) mass is 472 g/mol. The summed E-state index contributed by atoms with van der Waals surface area (Å²) in [5.41, 5.74) is 2.65. The maximum absolute atomic E-state index is 12.4. The summed E-state index contributed by atoms with van der Waals surface area (Å²) in [7, 11) is 2.83. The number of methoxy groups -OCH3 is 2. The average molecular weight is 472 g/mol. The highest BCUT2D eigenvalue weighted by molar-refractivity contribution is 6.04. The molecule has 0 spiro atoms. The molecule has 0 bridgehead atoms. The molecule has 0 aromatic heterocycles. The predicted octanol–water partition coefficient (Wildman–Crippen LogP) is 5.73. The zero-order valence-corrected chi connectivity index (χ0v) is 19.2. The summed E-state index contributed by atoms with van der Waals surface area (Å²) in [6, 6.07) is 22.2. The van der Waals surface area contributed by atoms with Crippen LogP contribution in [0.2, 0.25) is 0 Å². The number of phenolic OH excluding ortho intramolecular Hbond substituents is 2. The van der Waals surface area contributed by atoms with Crippen molar-refractivity contribution in [2.24, 2.45) is 0 Å². The molecule has 4 aromatic carbocycles. The van der Waals surface area contributed by atoms with E-state index in [9.17, 15) is 20.1 Å². The summed E-state index contributed by atoms with van der Waals surface area (Å²) in [5.74, 6) is -0.552. The molecule has 3 N–H and O–H groups in total. The average Bonchev–Trinajstić information content (AvgIpc) is 2.87. The van der Waals surface area contributed by atoms with Gasteiger partial charge < -0.3 is 29.5 Å². The van der Waals surface area contributed by atoms with E-state index in [0.717, 1.165) is 5.56 Å². The molecule has 0 unspecified atom stereocenters. The van der Waals surface area contributed by atoms with Crippen LogP contribution in [0.1, 0.15) is 15.9 Å². The normalized spacial score (nSPS) is 10.6. The molecule has 0 saturated heterocycles. The number of benzene rings is 4. The maximum atomic E-state index is 12.4. The smallest absolute Gasteiger partial charge is 0.340 e. The van der Waals surface area contributed by atoms with E-state index in [1.54, 1.807) is 30.3 Å². The minimum Gasteiger partial charge on any atom is -0.508 e. The van der Waals surface area contributed by atoms with E-state index in [1.807, 2.05) is 30.3 Å². The molecule has 35 heavy (non-hydrogen) atoms. The topological polar surface area (TPSA) is 105 Å². The molecule has 0 saturated carbocycles. The first-order chi connectivity index (χ1) is 16.9. The number of carbonyl (C=O) groups is 1. The molecule has 0 aliphatic carbocycles. The molecular weight excluding hydrogens is 448 g/mol. The number of hydrogen-bond donors (Lipinski definition) is 3. The first kappa shape index (κ1) is 23.5. The Morgan fingerprint density at radius 3 is 2.09 bits per heavy atom. The second-order valence-electron chi connectivity index (χ2n) is 7.72. The van der Waals surface area contributed by atoms with Crippen LogP contribution in [0.5, 0.6) is 28.7 Å². The highest BCUT2D eigenvalue weighted by atomic mass is 16.5. The van der Waals surface area contributed by atoms with Crippen LogP contribution in [0.25, 0.3) is 22.3 Å². The molecule has 0 fully saturated rings. The largest absolute Gasteiger partial charge is 0.508 e. The third-order valence-electron chi connectivity index (χ3n) is 5.54. The zero-order valence-electron chi connectivity index (χ0n) is 19.2. The van der Waals surface area contributed by atoms with Gasteiger partial charge in [-0.3, -0.25) is 0 Å². The Morgan fingerprint density at radius 2 is 1.49 bits per heavy atom. The van der Waals surface area contributed by atoms with E-state index in [4.69, 9.17) is 14.2 Å². The fourth-order valence-electron chi connectivity index (χ4n) is 3.89. The number of hydrogen-bond acceptors (Lipinski definition) is 6. The fourth-order valence-corrected chi connectivity index (χ4v) is 3.89. The Kier molecular flexibility index (Phi) is 6.78. The molecule has 0 aliphatic rings. The molecule has 4 aromatic rings. The van der Waals surface area contributed by atoms with Gasteiger partial charge in [-0.1, -0.05) is 48.5 Å². The van der Waals surface area contributed by atoms with Gasteiger partial charge in [-0.25, -0.2) is 4.79 Å². The SMILES string of the molecule is COc1cc(-c2ccc(OCc3ccccc3)c(O)c2)c(OC)c(C(=O)O)c1-c1ccc(O)cc1. The first-order valence-corrected chi connectivity index (χ1v) is 10.7. The van der Waals surface area contributed by atoms with E-state index < -0.39 is 5.97 Å². The summed E-state index contributed by atoms with van der Waals surface area (Å²) in [4.78, 5) is 12.4. The Labute approximate surface area is 202 Å². The molecule has 7 nitrogen and oxygen atoms in total. The van der Waals surface area contributed by atoms with Crippen LogP contribution in [-0.4, -0.2) is 35.5 Å². The number of carboxylic acids is 1. The van der Waals surface area contributed by atoms with Crippen LogP contribution >= 0.6 is 0 Å². The predicted molar refractivity (Wildman–Crippen MR) is 131 cm³/mol. The van der Waals surface area contributed by atoms with Gasteiger partial charge in [0.15, 0.2) is 11.5 Å². The molecule has 0 aliphatic heterocycles. The van der Waals surface area contributed by atoms with Gasteiger partial charge in [0.05, 0.1) is 14.2 Å². The summed E-state index contributed by atoms with van der Waals surface area (Å²) in [5, 5.41) is 30.4. The lowest BCUT2D eigenvalue weighted by atomic mass is 9.92. The van der Waals surface area contributed by atoms with Crippen LogP contribution in [0.4, 0.5) is 0 Å². The van der Waals surface area contributed by atoms with Gasteiger partial charge in [0.25, 0.3) is 0 Å². The zero-order chi connectivity index (χ0) is 24.9. The van der Waals surface area contributed by atoms with Crippen molar-refractivity contribution in [3.63, 3.8) is 0 Å². The van der Waals surface area contributed by atoms with Crippen molar-refractivity contribution >= 4 is 5.97 Å². The lowest BCUT2D eigenvalue weighted by molar-refractivity contribution is 0.0694. The van der Waals surface area contributed by atoms with Gasteiger partial charge in [0, 0.05) is 11.1 Å². The highest BCUT2D eigenvalue weighted by Gasteiger charge is 2.26. The van der Waals surface area contributed by atoms with Gasteiger partial charge >= 0.3 is 5.97 Å². The highest BCUT2D eigenvalue weighted by Crippen LogP contribution is 2.46. The van der Waals surface area contributed by atoms with Gasteiger partial charge in [-0.05, 0) is 47.0 Å². The van der Waals surface area contributed by atoms with E-state index in [0.29, 0.717) is 33.8 Å². The maximum Gasteiger partial charge on any atom is 0.340 e. The summed E-state index contributed by atoms with van der Waals surface area (Å²) in [6.07, 6.45) is 0. The molecular formula is C28H24O7. The van der Waals surface area contributed by atoms with Crippen molar-refractivity contribution in [2.75, 3.05) is 14.2 Å². The van der Waals surface area contributed by atoms with Gasteiger partial charge in [0.2, 0.25) is 0 Å². The third-order valence-corrected chi connectivity index (χ3v) is 5.54. The van der Waals surface area contributed by atoms with E-state index in [-0.39, 0.29) is 29.4 Å². The van der Waals surface area contributed by atoms with Crippen molar-refractivity contribution in [3.05, 3.63) is 90.0 Å². The second-order valence-corrected chi connectivity index (χ2v) is 7.72. The summed E-state index contributed by atoms with van der Waals surface area (Å²) < 4.78 is 16.9. The van der Waals surface area contributed by atoms with Crippen LogP contribution in [0, 0.1) is 0 Å². The molecule has 7 heteroatoms. The van der Waals surface area contributed by atoms with Crippen LogP contribution in [0.3, 0.4) is 0 Å². The molecule has 0 radical (unpaired) electrons. The van der Waals surface area contributed by atoms with Crippen molar-refractivity contribution in [1.29, 1.82) is 0 Å². The van der Waals surface area contributed by atoms with Crippen LogP contribution in [0.15, 0.2) is 78.9 Å². The van der Waals surface area contributed by atoms with Gasteiger partial charge in [0.1, 0.15) is 29.4 Å². The number of phenols is 2. The molecule has 4 rings (SSSR count). The Balaban J connectivity index is 1.79. The first-order valence-electron chi connectivity index (χ1n) is 10.7. The molecule has 0 heterocycles. The van der Waals surface area contributed by atoms with Gasteiger partial charge in [-0.15, -0.1) is 0 Å². The minimum atomic E-state index is -1.21. The van der Waals surface area contributed by atoms with Crippen molar-refractivity contribution in [2.45, 2.75) is 6.61 Å². The standard InChI is InChI=1S/C28H24O7/c1-33-24-15-21(19-10-13-23(22(30)14-19)35-16-17-6-4-3-5-7-17)27(34-2)26(28(31)32)25(24)18-8-11-20(29)12-9-18/h3-15,29-30H,16H2,1-2H3,(H,31,32). The summed E-state index contributed by atoms with van der Waals surface area (Å²) in [6.45, 7) is 0.287. The lowest BCUT2D eigenvalue weighted by Gasteiger charge is -2.19. The Hall–Kier alpha value is -4.65. The quantitative estimate of drug-likeness (QED) is 0.301. The van der Waals surface area contributed by atoms with Crippen molar-refractivity contribution in [3.8, 4) is 51.0 Å². The number of ether oxygens (including phenoxy) is 3.